The van der Waals surface area contributed by atoms with Crippen LogP contribution in [0.3, 0.4) is 0 Å². The lowest BCUT2D eigenvalue weighted by Crippen LogP contribution is -2.40. The zero-order valence-corrected chi connectivity index (χ0v) is 18.8. The van der Waals surface area contributed by atoms with Crippen LogP contribution in [0.2, 0.25) is 0 Å². The number of hydrogen-bond donors (Lipinski definition) is 2. The monoisotopic (exact) mass is 420 g/mol. The quantitative estimate of drug-likeness (QED) is 0.525. The third kappa shape index (κ3) is 6.44. The lowest BCUT2D eigenvalue weighted by Gasteiger charge is -2.22. The van der Waals surface area contributed by atoms with Gasteiger partial charge in [0.05, 0.1) is 12.3 Å². The molecule has 1 aromatic carbocycles. The van der Waals surface area contributed by atoms with Crippen molar-refractivity contribution in [3.05, 3.63) is 35.4 Å². The summed E-state index contributed by atoms with van der Waals surface area (Å²) in [5, 5.41) is 3.45. The lowest BCUT2D eigenvalue weighted by atomic mass is 9.82. The molecule has 0 aromatic heterocycles. The second-order valence-electron chi connectivity index (χ2n) is 8.73. The molecule has 2 atom stereocenters. The highest BCUT2D eigenvalue weighted by atomic mass is 32.2. The molecule has 1 saturated heterocycles. The molecule has 2 fully saturated rings. The Labute approximate surface area is 176 Å². The number of fused-ring (bicyclic) bond motifs is 1. The first-order chi connectivity index (χ1) is 13.9. The number of likely N-dealkylation sites (tertiary alicyclic amines) is 1. The number of aliphatic imine (C=N–C) groups is 1. The molecular formula is C22H36N4O2S. The van der Waals surface area contributed by atoms with Crippen molar-refractivity contribution >= 4 is 16.0 Å². The predicted molar refractivity (Wildman–Crippen MR) is 119 cm³/mol. The molecule has 0 radical (unpaired) electrons. The Morgan fingerprint density at radius 1 is 1.10 bits per heavy atom. The lowest BCUT2D eigenvalue weighted by molar-refractivity contribution is 0.299. The largest absolute Gasteiger partial charge is 0.357 e. The van der Waals surface area contributed by atoms with Crippen LogP contribution in [0.4, 0.5) is 0 Å². The maximum Gasteiger partial charge on any atom is 0.216 e. The van der Waals surface area contributed by atoms with Gasteiger partial charge in [-0.1, -0.05) is 37.1 Å². The van der Waals surface area contributed by atoms with Gasteiger partial charge in [0, 0.05) is 25.7 Å². The summed E-state index contributed by atoms with van der Waals surface area (Å²) in [5.41, 5.74) is 1.89. The van der Waals surface area contributed by atoms with Crippen molar-refractivity contribution < 1.29 is 8.42 Å². The SMILES string of the molecule is CCNC(=NCc1ccc(CS(=O)(=O)NC(C)C)cc1)N1CC2CCCCC2C1. The molecular weight excluding hydrogens is 384 g/mol. The molecule has 2 unspecified atom stereocenters. The molecule has 1 aromatic rings. The number of nitrogens with one attached hydrogen (secondary N) is 2. The van der Waals surface area contributed by atoms with Crippen LogP contribution in [0.15, 0.2) is 29.3 Å². The Balaban J connectivity index is 1.61. The number of benzene rings is 1. The van der Waals surface area contributed by atoms with Gasteiger partial charge in [0.15, 0.2) is 5.96 Å². The van der Waals surface area contributed by atoms with Crippen molar-refractivity contribution in [2.75, 3.05) is 19.6 Å². The Bertz CT molecular complexity index is 776. The van der Waals surface area contributed by atoms with Gasteiger partial charge in [0.1, 0.15) is 0 Å². The molecule has 3 rings (SSSR count). The molecule has 7 heteroatoms. The predicted octanol–water partition coefficient (Wildman–Crippen LogP) is 3.10. The fourth-order valence-electron chi connectivity index (χ4n) is 4.53. The Morgan fingerprint density at radius 3 is 2.24 bits per heavy atom. The normalized spacial score (nSPS) is 22.8. The van der Waals surface area contributed by atoms with E-state index in [2.05, 4.69) is 21.9 Å². The van der Waals surface area contributed by atoms with Crippen LogP contribution >= 0.6 is 0 Å². The average Bonchev–Trinajstić information content (AvgIpc) is 3.09. The molecule has 6 nitrogen and oxygen atoms in total. The maximum absolute atomic E-state index is 12.1. The molecule has 2 N–H and O–H groups in total. The van der Waals surface area contributed by atoms with Crippen LogP contribution < -0.4 is 10.0 Å². The van der Waals surface area contributed by atoms with Crippen LogP contribution in [-0.4, -0.2) is 45.0 Å². The van der Waals surface area contributed by atoms with Crippen LogP contribution in [0.5, 0.6) is 0 Å². The van der Waals surface area contributed by atoms with Gasteiger partial charge < -0.3 is 10.2 Å². The van der Waals surface area contributed by atoms with Crippen molar-refractivity contribution in [3.8, 4) is 0 Å². The van der Waals surface area contributed by atoms with Crippen LogP contribution in [0.25, 0.3) is 0 Å². The standard InChI is InChI=1S/C22H36N4O2S/c1-4-23-22(26-14-20-7-5-6-8-21(20)15-26)24-13-18-9-11-19(12-10-18)16-29(27,28)25-17(2)3/h9-12,17,20-21,25H,4-8,13-16H2,1-3H3,(H,23,24). The smallest absolute Gasteiger partial charge is 0.216 e. The molecule has 1 heterocycles. The highest BCUT2D eigenvalue weighted by Crippen LogP contribution is 2.36. The van der Waals surface area contributed by atoms with Gasteiger partial charge in [-0.15, -0.1) is 0 Å². The van der Waals surface area contributed by atoms with E-state index < -0.39 is 10.0 Å². The van der Waals surface area contributed by atoms with Crippen molar-refractivity contribution in [2.24, 2.45) is 16.8 Å². The van der Waals surface area contributed by atoms with E-state index in [4.69, 9.17) is 4.99 Å². The molecule has 0 amide bonds. The summed E-state index contributed by atoms with van der Waals surface area (Å²) in [4.78, 5) is 7.30. The van der Waals surface area contributed by atoms with Gasteiger partial charge in [0.25, 0.3) is 0 Å². The molecule has 1 aliphatic carbocycles. The van der Waals surface area contributed by atoms with Gasteiger partial charge in [-0.2, -0.15) is 0 Å². The second kappa shape index (κ2) is 9.94. The minimum absolute atomic E-state index is 0.00786. The summed E-state index contributed by atoms with van der Waals surface area (Å²) in [5.74, 6) is 2.67. The third-order valence-electron chi connectivity index (χ3n) is 5.82. The summed E-state index contributed by atoms with van der Waals surface area (Å²) in [6.07, 6.45) is 5.46. The number of rotatable bonds is 7. The Kier molecular flexibility index (Phi) is 7.57. The van der Waals surface area contributed by atoms with E-state index in [1.54, 1.807) is 0 Å². The number of sulfonamides is 1. The first-order valence-electron chi connectivity index (χ1n) is 11.0. The van der Waals surface area contributed by atoms with Gasteiger partial charge in [-0.25, -0.2) is 18.1 Å². The Hall–Kier alpha value is -1.60. The minimum Gasteiger partial charge on any atom is -0.357 e. The molecule has 1 aliphatic heterocycles. The molecule has 2 aliphatic rings. The highest BCUT2D eigenvalue weighted by Gasteiger charge is 2.35. The van der Waals surface area contributed by atoms with E-state index in [1.807, 2.05) is 38.1 Å². The van der Waals surface area contributed by atoms with Crippen LogP contribution in [0.1, 0.15) is 57.6 Å². The van der Waals surface area contributed by atoms with Crippen molar-refractivity contribution in [2.45, 2.75) is 64.8 Å². The summed E-state index contributed by atoms with van der Waals surface area (Å²) in [6, 6.07) is 7.66. The number of hydrogen-bond acceptors (Lipinski definition) is 3. The van der Waals surface area contributed by atoms with Crippen LogP contribution in [0, 0.1) is 11.8 Å². The summed E-state index contributed by atoms with van der Waals surface area (Å²) >= 11 is 0. The van der Waals surface area contributed by atoms with E-state index in [-0.39, 0.29) is 11.8 Å². The van der Waals surface area contributed by atoms with E-state index in [0.29, 0.717) is 6.54 Å². The zero-order chi connectivity index (χ0) is 20.9. The zero-order valence-electron chi connectivity index (χ0n) is 18.0. The van der Waals surface area contributed by atoms with E-state index in [1.165, 1.54) is 25.7 Å². The van der Waals surface area contributed by atoms with E-state index in [0.717, 1.165) is 48.6 Å². The average molecular weight is 421 g/mol. The molecule has 162 valence electrons. The van der Waals surface area contributed by atoms with Crippen molar-refractivity contribution in [3.63, 3.8) is 0 Å². The molecule has 29 heavy (non-hydrogen) atoms. The van der Waals surface area contributed by atoms with Gasteiger partial charge in [-0.05, 0) is 56.6 Å². The van der Waals surface area contributed by atoms with Gasteiger partial charge >= 0.3 is 0 Å². The van der Waals surface area contributed by atoms with Crippen LogP contribution in [-0.2, 0) is 22.3 Å². The summed E-state index contributed by atoms with van der Waals surface area (Å²) < 4.78 is 26.8. The second-order valence-corrected chi connectivity index (χ2v) is 10.5. The maximum atomic E-state index is 12.1. The van der Waals surface area contributed by atoms with E-state index >= 15 is 0 Å². The number of nitrogens with zero attached hydrogens (tertiary/aromatic N) is 2. The third-order valence-corrected chi connectivity index (χ3v) is 7.36. The fraction of sp³-hybridized carbons (Fsp3) is 0.682. The number of guanidine groups is 1. The topological polar surface area (TPSA) is 73.8 Å². The summed E-state index contributed by atoms with van der Waals surface area (Å²) in [6.45, 7) is 9.48. The fourth-order valence-corrected chi connectivity index (χ4v) is 5.96. The molecule has 1 saturated carbocycles. The minimum atomic E-state index is -3.30. The van der Waals surface area contributed by atoms with E-state index in [9.17, 15) is 8.42 Å². The van der Waals surface area contributed by atoms with Gasteiger partial charge in [0.2, 0.25) is 10.0 Å². The molecule has 0 bridgehead atoms. The van der Waals surface area contributed by atoms with Crippen molar-refractivity contribution in [1.82, 2.24) is 14.9 Å². The first kappa shape index (κ1) is 22.1. The molecule has 0 spiro atoms. The van der Waals surface area contributed by atoms with Crippen molar-refractivity contribution in [1.29, 1.82) is 0 Å². The first-order valence-corrected chi connectivity index (χ1v) is 12.6. The Morgan fingerprint density at radius 2 is 1.69 bits per heavy atom. The summed E-state index contributed by atoms with van der Waals surface area (Å²) in [7, 11) is -3.30. The van der Waals surface area contributed by atoms with Gasteiger partial charge in [-0.3, -0.25) is 0 Å². The highest BCUT2D eigenvalue weighted by molar-refractivity contribution is 7.88.